The molecule has 1 fully saturated rings. The average molecular weight is 434 g/mol. The lowest BCUT2D eigenvalue weighted by atomic mass is 9.99. The number of aliphatic hydroxyl groups excluding tert-OH is 1. The third-order valence-corrected chi connectivity index (χ3v) is 6.46. The van der Waals surface area contributed by atoms with Crippen LogP contribution in [0.15, 0.2) is 46.3 Å². The zero-order chi connectivity index (χ0) is 18.5. The first-order valence-corrected chi connectivity index (χ1v) is 10.2. The van der Waals surface area contributed by atoms with Crippen molar-refractivity contribution in [2.75, 3.05) is 0 Å². The minimum atomic E-state index is -1.47. The van der Waals surface area contributed by atoms with E-state index in [4.69, 9.17) is 0 Å². The van der Waals surface area contributed by atoms with Gasteiger partial charge in [-0.15, -0.1) is 10.2 Å². The van der Waals surface area contributed by atoms with Gasteiger partial charge < -0.3 is 10.2 Å². The summed E-state index contributed by atoms with van der Waals surface area (Å²) in [4.78, 5) is 0. The van der Waals surface area contributed by atoms with E-state index < -0.39 is 11.0 Å². The highest BCUT2D eigenvalue weighted by atomic mass is 79.9. The molecule has 1 saturated carbocycles. The first-order valence-electron chi connectivity index (χ1n) is 8.56. The number of hydrogen-bond acceptors (Lipinski definition) is 5. The lowest BCUT2D eigenvalue weighted by Crippen LogP contribution is -2.32. The summed E-state index contributed by atoms with van der Waals surface area (Å²) >= 11 is 4.78. The minimum absolute atomic E-state index is 0.590. The van der Waals surface area contributed by atoms with Crippen LogP contribution in [0, 0.1) is 0 Å². The number of rotatable bonds is 5. The first kappa shape index (κ1) is 18.0. The molecule has 26 heavy (non-hydrogen) atoms. The van der Waals surface area contributed by atoms with Crippen molar-refractivity contribution in [2.45, 2.75) is 48.8 Å². The third kappa shape index (κ3) is 3.17. The Morgan fingerprint density at radius 1 is 1.12 bits per heavy atom. The molecule has 0 saturated heterocycles. The molecule has 136 valence electrons. The summed E-state index contributed by atoms with van der Waals surface area (Å²) in [5, 5.41) is 30.7. The Hall–Kier alpha value is -1.41. The molecule has 2 N–H and O–H groups in total. The number of nitrogens with zero attached hydrogens (tertiary/aromatic N) is 3. The van der Waals surface area contributed by atoms with Gasteiger partial charge in [0.05, 0.1) is 10.4 Å². The van der Waals surface area contributed by atoms with E-state index in [9.17, 15) is 10.2 Å². The van der Waals surface area contributed by atoms with Gasteiger partial charge in [0, 0.05) is 5.39 Å². The molecule has 1 aromatic heterocycles. The van der Waals surface area contributed by atoms with Gasteiger partial charge in [-0.25, -0.2) is 0 Å². The van der Waals surface area contributed by atoms with Gasteiger partial charge >= 0.3 is 0 Å². The second-order valence-electron chi connectivity index (χ2n) is 7.16. The summed E-state index contributed by atoms with van der Waals surface area (Å²) in [7, 11) is 0. The van der Waals surface area contributed by atoms with Gasteiger partial charge in [0.1, 0.15) is 0 Å². The molecule has 5 nitrogen and oxygen atoms in total. The first-order chi connectivity index (χ1) is 12.4. The largest absolute Gasteiger partial charge is 0.367 e. The fourth-order valence-corrected chi connectivity index (χ4v) is 4.55. The SMILES string of the molecule is CC(C)(Sc1nnc(Br)n1-c1ccc(C2CC2)c2ccccc12)C(O)O. The predicted molar refractivity (Wildman–Crippen MR) is 107 cm³/mol. The summed E-state index contributed by atoms with van der Waals surface area (Å²) in [6, 6.07) is 12.7. The summed E-state index contributed by atoms with van der Waals surface area (Å²) < 4.78 is 1.70. The Balaban J connectivity index is 1.87. The lowest BCUT2D eigenvalue weighted by molar-refractivity contribution is -0.0606. The maximum absolute atomic E-state index is 9.65. The van der Waals surface area contributed by atoms with Crippen LogP contribution < -0.4 is 0 Å². The number of aromatic nitrogens is 3. The van der Waals surface area contributed by atoms with Crippen molar-refractivity contribution in [3.8, 4) is 5.69 Å². The van der Waals surface area contributed by atoms with Crippen LogP contribution in [0.5, 0.6) is 0 Å². The number of benzene rings is 2. The van der Waals surface area contributed by atoms with Crippen molar-refractivity contribution in [2.24, 2.45) is 0 Å². The highest BCUT2D eigenvalue weighted by Crippen LogP contribution is 2.45. The molecule has 0 radical (unpaired) electrons. The Bertz CT molecular complexity index is 967. The molecular weight excluding hydrogens is 414 g/mol. The second kappa shape index (κ2) is 6.64. The van der Waals surface area contributed by atoms with Crippen LogP contribution in [0.25, 0.3) is 16.5 Å². The monoisotopic (exact) mass is 433 g/mol. The molecule has 1 aliphatic rings. The fourth-order valence-electron chi connectivity index (χ4n) is 3.06. The van der Waals surface area contributed by atoms with E-state index >= 15 is 0 Å². The van der Waals surface area contributed by atoms with Crippen LogP contribution in [-0.2, 0) is 0 Å². The fraction of sp³-hybridized carbons (Fsp3) is 0.368. The molecule has 0 amide bonds. The summed E-state index contributed by atoms with van der Waals surface area (Å²) in [6.07, 6.45) is 1.04. The van der Waals surface area contributed by atoms with Crippen LogP contribution in [-0.4, -0.2) is 36.0 Å². The zero-order valence-electron chi connectivity index (χ0n) is 14.6. The van der Waals surface area contributed by atoms with Crippen molar-refractivity contribution in [3.05, 3.63) is 46.7 Å². The van der Waals surface area contributed by atoms with E-state index in [-0.39, 0.29) is 0 Å². The molecule has 4 rings (SSSR count). The molecule has 0 spiro atoms. The molecule has 2 aromatic carbocycles. The van der Waals surface area contributed by atoms with Gasteiger partial charge in [0.15, 0.2) is 11.4 Å². The van der Waals surface area contributed by atoms with Crippen molar-refractivity contribution in [1.29, 1.82) is 0 Å². The van der Waals surface area contributed by atoms with E-state index in [0.717, 1.165) is 11.1 Å². The number of halogens is 1. The summed E-state index contributed by atoms with van der Waals surface area (Å²) in [5.74, 6) is 0.663. The third-order valence-electron chi connectivity index (χ3n) is 4.76. The van der Waals surface area contributed by atoms with Crippen LogP contribution in [0.1, 0.15) is 38.2 Å². The van der Waals surface area contributed by atoms with Gasteiger partial charge in [-0.2, -0.15) is 0 Å². The van der Waals surface area contributed by atoms with Crippen LogP contribution in [0.3, 0.4) is 0 Å². The maximum Gasteiger partial charge on any atom is 0.205 e. The van der Waals surface area contributed by atoms with E-state index in [1.54, 1.807) is 13.8 Å². The average Bonchev–Trinajstić information content (AvgIpc) is 3.39. The molecule has 0 aliphatic heterocycles. The van der Waals surface area contributed by atoms with Crippen LogP contribution in [0.2, 0.25) is 0 Å². The Morgan fingerprint density at radius 2 is 1.81 bits per heavy atom. The molecule has 0 bridgehead atoms. The van der Waals surface area contributed by atoms with E-state index in [2.05, 4.69) is 56.5 Å². The van der Waals surface area contributed by atoms with Crippen molar-refractivity contribution in [1.82, 2.24) is 14.8 Å². The molecule has 3 aromatic rings. The molecular formula is C19H20BrN3O2S. The Labute approximate surface area is 164 Å². The minimum Gasteiger partial charge on any atom is -0.367 e. The van der Waals surface area contributed by atoms with Gasteiger partial charge in [0.25, 0.3) is 0 Å². The number of aliphatic hydroxyl groups is 2. The molecule has 1 heterocycles. The molecule has 0 unspecified atom stereocenters. The van der Waals surface area contributed by atoms with E-state index in [1.807, 2.05) is 10.6 Å². The van der Waals surface area contributed by atoms with Crippen LogP contribution in [0.4, 0.5) is 0 Å². The number of thioether (sulfide) groups is 1. The van der Waals surface area contributed by atoms with Crippen LogP contribution >= 0.6 is 27.7 Å². The zero-order valence-corrected chi connectivity index (χ0v) is 17.0. The highest BCUT2D eigenvalue weighted by Gasteiger charge is 2.31. The van der Waals surface area contributed by atoms with Gasteiger partial charge in [-0.3, -0.25) is 4.57 Å². The maximum atomic E-state index is 9.65. The Morgan fingerprint density at radius 3 is 2.46 bits per heavy atom. The van der Waals surface area contributed by atoms with Gasteiger partial charge in [0.2, 0.25) is 4.73 Å². The predicted octanol–water partition coefficient (Wildman–Crippen LogP) is 4.24. The van der Waals surface area contributed by atoms with Crippen molar-refractivity contribution in [3.63, 3.8) is 0 Å². The summed E-state index contributed by atoms with van der Waals surface area (Å²) in [6.45, 7) is 3.53. The standard InChI is InChI=1S/C19H20BrN3O2S/c1-19(2,16(24)25)26-18-22-21-17(20)23(18)15-10-9-12(11-7-8-11)13-5-3-4-6-14(13)15/h3-6,9-11,16,24-25H,7-8H2,1-2H3. The smallest absolute Gasteiger partial charge is 0.205 e. The number of fused-ring (bicyclic) bond motifs is 1. The molecule has 1 aliphatic carbocycles. The molecule has 0 atom stereocenters. The highest BCUT2D eigenvalue weighted by molar-refractivity contribution is 9.10. The van der Waals surface area contributed by atoms with E-state index in [0.29, 0.717) is 15.8 Å². The quantitative estimate of drug-likeness (QED) is 0.464. The van der Waals surface area contributed by atoms with Gasteiger partial charge in [-0.1, -0.05) is 42.1 Å². The lowest BCUT2D eigenvalue weighted by Gasteiger charge is -2.25. The van der Waals surface area contributed by atoms with E-state index in [1.165, 1.54) is 35.6 Å². The second-order valence-corrected chi connectivity index (χ2v) is 9.49. The topological polar surface area (TPSA) is 71.2 Å². The van der Waals surface area contributed by atoms with Gasteiger partial charge in [-0.05, 0) is 65.6 Å². The molecule has 7 heteroatoms. The summed E-state index contributed by atoms with van der Waals surface area (Å²) in [5.41, 5.74) is 2.38. The Kier molecular flexibility index (Phi) is 4.59. The normalized spacial score (nSPS) is 15.2. The van der Waals surface area contributed by atoms with Crippen molar-refractivity contribution < 1.29 is 10.2 Å². The van der Waals surface area contributed by atoms with Crippen molar-refractivity contribution >= 4 is 38.5 Å². The number of hydrogen-bond donors (Lipinski definition) is 2.